The fraction of sp³-hybridized carbons (Fsp3) is 0.312. The van der Waals surface area contributed by atoms with Crippen LogP contribution in [0.5, 0.6) is 0 Å². The maximum absolute atomic E-state index is 12.4. The van der Waals surface area contributed by atoms with Crippen molar-refractivity contribution in [1.29, 1.82) is 0 Å². The van der Waals surface area contributed by atoms with E-state index in [1.54, 1.807) is 23.5 Å². The van der Waals surface area contributed by atoms with Crippen LogP contribution >= 0.6 is 22.9 Å². The zero-order chi connectivity index (χ0) is 13.9. The summed E-state index contributed by atoms with van der Waals surface area (Å²) in [6, 6.07) is 9.40. The average molecular weight is 306 g/mol. The molecule has 0 radical (unpaired) electrons. The second kappa shape index (κ2) is 5.98. The Hall–Kier alpha value is -1.32. The van der Waals surface area contributed by atoms with Crippen LogP contribution in [0.4, 0.5) is 0 Å². The van der Waals surface area contributed by atoms with Gasteiger partial charge in [-0.2, -0.15) is 11.3 Å². The normalized spacial score (nSPS) is 16.4. The highest BCUT2D eigenvalue weighted by atomic mass is 35.5. The van der Waals surface area contributed by atoms with Gasteiger partial charge in [0, 0.05) is 23.7 Å². The highest BCUT2D eigenvalue weighted by Gasteiger charge is 2.24. The van der Waals surface area contributed by atoms with Gasteiger partial charge in [-0.3, -0.25) is 4.79 Å². The summed E-state index contributed by atoms with van der Waals surface area (Å²) in [5.74, 6) is 0.695. The fourth-order valence-corrected chi connectivity index (χ4v) is 3.66. The number of amides is 1. The number of nitrogens with zero attached hydrogens (tertiary/aromatic N) is 1. The fourth-order valence-electron chi connectivity index (χ4n) is 2.73. The van der Waals surface area contributed by atoms with Crippen molar-refractivity contribution in [2.45, 2.75) is 18.8 Å². The molecule has 1 fully saturated rings. The van der Waals surface area contributed by atoms with Crippen molar-refractivity contribution in [3.63, 3.8) is 0 Å². The molecule has 0 unspecified atom stereocenters. The van der Waals surface area contributed by atoms with E-state index in [-0.39, 0.29) is 5.91 Å². The molecule has 0 saturated carbocycles. The number of rotatable bonds is 2. The summed E-state index contributed by atoms with van der Waals surface area (Å²) in [6.07, 6.45) is 2.09. The summed E-state index contributed by atoms with van der Waals surface area (Å²) in [7, 11) is 0. The summed E-state index contributed by atoms with van der Waals surface area (Å²) in [5.41, 5.74) is 2.11. The number of benzene rings is 1. The molecule has 4 heteroatoms. The molecule has 0 spiro atoms. The highest BCUT2D eigenvalue weighted by molar-refractivity contribution is 7.07. The largest absolute Gasteiger partial charge is 0.339 e. The summed E-state index contributed by atoms with van der Waals surface area (Å²) >= 11 is 7.69. The number of hydrogen-bond acceptors (Lipinski definition) is 2. The third-order valence-corrected chi connectivity index (χ3v) is 4.80. The van der Waals surface area contributed by atoms with E-state index in [9.17, 15) is 4.79 Å². The first-order chi connectivity index (χ1) is 9.74. The molecule has 1 aromatic heterocycles. The molecule has 3 rings (SSSR count). The molecule has 1 aliphatic rings. The number of likely N-dealkylation sites (tertiary alicyclic amines) is 1. The van der Waals surface area contributed by atoms with Gasteiger partial charge in [0.15, 0.2) is 0 Å². The molecule has 1 aromatic carbocycles. The summed E-state index contributed by atoms with van der Waals surface area (Å²) in [6.45, 7) is 1.65. The molecule has 2 aromatic rings. The van der Waals surface area contributed by atoms with E-state index in [2.05, 4.69) is 16.8 Å². The Morgan fingerprint density at radius 2 is 2.05 bits per heavy atom. The van der Waals surface area contributed by atoms with Crippen LogP contribution in [-0.2, 0) is 0 Å². The molecule has 0 N–H and O–H groups in total. The molecule has 104 valence electrons. The second-order valence-corrected chi connectivity index (χ2v) is 6.35. The minimum atomic E-state index is 0.0938. The van der Waals surface area contributed by atoms with Crippen molar-refractivity contribution in [3.05, 3.63) is 57.2 Å². The molecule has 0 atom stereocenters. The lowest BCUT2D eigenvalue weighted by atomic mass is 9.91. The number of carbonyl (C=O) groups excluding carboxylic acids is 1. The first-order valence-corrected chi connectivity index (χ1v) is 8.13. The van der Waals surface area contributed by atoms with Crippen LogP contribution in [0.1, 0.15) is 34.7 Å². The van der Waals surface area contributed by atoms with Crippen LogP contribution in [0.25, 0.3) is 0 Å². The summed E-state index contributed by atoms with van der Waals surface area (Å²) < 4.78 is 0. The summed E-state index contributed by atoms with van der Waals surface area (Å²) in [4.78, 5) is 14.4. The zero-order valence-corrected chi connectivity index (χ0v) is 12.7. The van der Waals surface area contributed by atoms with Crippen molar-refractivity contribution >= 4 is 28.8 Å². The quantitative estimate of drug-likeness (QED) is 0.804. The monoisotopic (exact) mass is 305 g/mol. The van der Waals surface area contributed by atoms with Crippen LogP contribution in [0, 0.1) is 0 Å². The lowest BCUT2D eigenvalue weighted by Gasteiger charge is -2.32. The van der Waals surface area contributed by atoms with E-state index in [4.69, 9.17) is 11.6 Å². The molecule has 1 amide bonds. The van der Waals surface area contributed by atoms with Gasteiger partial charge in [-0.05, 0) is 59.3 Å². The average Bonchev–Trinajstić information content (AvgIpc) is 3.01. The van der Waals surface area contributed by atoms with Crippen LogP contribution in [0.15, 0.2) is 41.1 Å². The molecule has 0 bridgehead atoms. The van der Waals surface area contributed by atoms with E-state index in [1.165, 1.54) is 5.56 Å². The minimum absolute atomic E-state index is 0.0938. The Bertz CT molecular complexity index is 588. The second-order valence-electron chi connectivity index (χ2n) is 5.13. The third-order valence-electron chi connectivity index (χ3n) is 3.87. The number of halogens is 1. The van der Waals surface area contributed by atoms with Crippen molar-refractivity contribution in [3.8, 4) is 0 Å². The first-order valence-electron chi connectivity index (χ1n) is 6.81. The van der Waals surface area contributed by atoms with Gasteiger partial charge in [0.1, 0.15) is 0 Å². The topological polar surface area (TPSA) is 20.3 Å². The SMILES string of the molecule is O=C(c1cccc(Cl)c1)N1CCC(c2ccsc2)CC1. The predicted octanol–water partition coefficient (Wildman–Crippen LogP) is 4.42. The lowest BCUT2D eigenvalue weighted by Crippen LogP contribution is -2.37. The standard InChI is InChI=1S/C16H16ClNOS/c17-15-3-1-2-13(10-15)16(19)18-7-4-12(5-8-18)14-6-9-20-11-14/h1-3,6,9-12H,4-5,7-8H2. The van der Waals surface area contributed by atoms with Gasteiger partial charge in [0.05, 0.1) is 0 Å². The van der Waals surface area contributed by atoms with E-state index < -0.39 is 0 Å². The van der Waals surface area contributed by atoms with Gasteiger partial charge >= 0.3 is 0 Å². The van der Waals surface area contributed by atoms with E-state index in [1.807, 2.05) is 17.0 Å². The highest BCUT2D eigenvalue weighted by Crippen LogP contribution is 2.30. The van der Waals surface area contributed by atoms with Gasteiger partial charge < -0.3 is 4.90 Å². The molecular formula is C16H16ClNOS. The predicted molar refractivity (Wildman–Crippen MR) is 83.6 cm³/mol. The van der Waals surface area contributed by atoms with E-state index in [0.29, 0.717) is 16.5 Å². The molecular weight excluding hydrogens is 290 g/mol. The molecule has 2 heterocycles. The summed E-state index contributed by atoms with van der Waals surface area (Å²) in [5, 5.41) is 4.96. The Morgan fingerprint density at radius 3 is 2.70 bits per heavy atom. The van der Waals surface area contributed by atoms with Gasteiger partial charge in [0.2, 0.25) is 0 Å². The van der Waals surface area contributed by atoms with Gasteiger partial charge in [0.25, 0.3) is 5.91 Å². The van der Waals surface area contributed by atoms with Gasteiger partial charge in [-0.25, -0.2) is 0 Å². The maximum atomic E-state index is 12.4. The van der Waals surface area contributed by atoms with Crippen molar-refractivity contribution in [2.75, 3.05) is 13.1 Å². The van der Waals surface area contributed by atoms with Gasteiger partial charge in [-0.1, -0.05) is 17.7 Å². The Morgan fingerprint density at radius 1 is 1.25 bits per heavy atom. The van der Waals surface area contributed by atoms with Crippen LogP contribution in [-0.4, -0.2) is 23.9 Å². The Kier molecular flexibility index (Phi) is 4.08. The number of piperidine rings is 1. The van der Waals surface area contributed by atoms with Crippen molar-refractivity contribution < 1.29 is 4.79 Å². The van der Waals surface area contributed by atoms with E-state index >= 15 is 0 Å². The molecule has 0 aliphatic carbocycles. The molecule has 20 heavy (non-hydrogen) atoms. The Balaban J connectivity index is 1.65. The van der Waals surface area contributed by atoms with E-state index in [0.717, 1.165) is 25.9 Å². The van der Waals surface area contributed by atoms with Gasteiger partial charge in [-0.15, -0.1) is 0 Å². The van der Waals surface area contributed by atoms with Crippen LogP contribution in [0.3, 0.4) is 0 Å². The maximum Gasteiger partial charge on any atom is 0.253 e. The zero-order valence-electron chi connectivity index (χ0n) is 11.1. The number of thiophene rings is 1. The van der Waals surface area contributed by atoms with Crippen molar-refractivity contribution in [2.24, 2.45) is 0 Å². The van der Waals surface area contributed by atoms with Crippen LogP contribution < -0.4 is 0 Å². The molecule has 2 nitrogen and oxygen atoms in total. The Labute approximate surface area is 128 Å². The van der Waals surface area contributed by atoms with Crippen LogP contribution in [0.2, 0.25) is 5.02 Å². The number of carbonyl (C=O) groups is 1. The third kappa shape index (κ3) is 2.89. The molecule has 1 aliphatic heterocycles. The number of hydrogen-bond donors (Lipinski definition) is 0. The lowest BCUT2D eigenvalue weighted by molar-refractivity contribution is 0.0713. The molecule has 1 saturated heterocycles. The minimum Gasteiger partial charge on any atom is -0.339 e. The smallest absolute Gasteiger partial charge is 0.253 e. The van der Waals surface area contributed by atoms with Crippen molar-refractivity contribution in [1.82, 2.24) is 4.90 Å². The first kappa shape index (κ1) is 13.7.